The maximum atomic E-state index is 14.0. The largest absolute Gasteiger partial charge is 0.438 e. The summed E-state index contributed by atoms with van der Waals surface area (Å²) in [5.41, 5.74) is 1.68. The number of carbonyl (C=O) groups excluding carboxylic acids is 2. The number of rotatable bonds is 13. The minimum absolute atomic E-state index is 0.102. The van der Waals surface area contributed by atoms with E-state index in [9.17, 15) is 27.3 Å². The zero-order valence-corrected chi connectivity index (χ0v) is 36.6. The Balaban J connectivity index is 1.07. The molecule has 7 rings (SSSR count). The van der Waals surface area contributed by atoms with Crippen molar-refractivity contribution in [3.63, 3.8) is 0 Å². The molecule has 0 radical (unpaired) electrons. The standard InChI is InChI=1S/C46H50F3N8O5P/c1-45(2,3)39-28-41(57(55-39)34-10-8-9-30(25-34)29-63(4,5)60)54-44(59)52-37-13-14-38(36-12-7-6-11-35(36)37)62-42-15-16-50-40(53-42)26-31-23-32(27-33(24-31)46(47,48)49)43(58)51-17-18-56-19-21-61-22-20-56/h6-16,23-25,27-28H,17-22,26,29H2,1-5H3,(H,51,58)(H2,52,54,59). The first-order valence-electron chi connectivity index (χ1n) is 20.5. The summed E-state index contributed by atoms with van der Waals surface area (Å²) in [6.45, 7) is 13.1. The number of nitrogens with one attached hydrogen (secondary N) is 3. The second-order valence-electron chi connectivity index (χ2n) is 16.9. The molecule has 1 aliphatic rings. The minimum atomic E-state index is -4.68. The fourth-order valence-electron chi connectivity index (χ4n) is 7.16. The number of nitrogens with zero attached hydrogens (tertiary/aromatic N) is 5. The first-order valence-corrected chi connectivity index (χ1v) is 23.3. The monoisotopic (exact) mass is 882 g/mol. The van der Waals surface area contributed by atoms with Gasteiger partial charge in [0.1, 0.15) is 17.4 Å². The van der Waals surface area contributed by atoms with Crippen LogP contribution >= 0.6 is 7.14 Å². The molecule has 1 saturated heterocycles. The van der Waals surface area contributed by atoms with Gasteiger partial charge in [-0.15, -0.1) is 0 Å². The quantitative estimate of drug-likeness (QED) is 0.0964. The molecule has 63 heavy (non-hydrogen) atoms. The Kier molecular flexibility index (Phi) is 13.4. The van der Waals surface area contributed by atoms with Crippen molar-refractivity contribution in [2.24, 2.45) is 0 Å². The molecule has 0 spiro atoms. The van der Waals surface area contributed by atoms with Crippen molar-refractivity contribution in [1.82, 2.24) is 30.0 Å². The molecule has 3 amide bonds. The van der Waals surface area contributed by atoms with E-state index in [4.69, 9.17) is 14.6 Å². The number of hydrogen-bond acceptors (Lipinski definition) is 9. The molecule has 1 aliphatic heterocycles. The molecule has 0 saturated carbocycles. The molecule has 1 fully saturated rings. The van der Waals surface area contributed by atoms with E-state index in [0.29, 0.717) is 59.6 Å². The van der Waals surface area contributed by atoms with Crippen molar-refractivity contribution >= 4 is 41.4 Å². The van der Waals surface area contributed by atoms with Gasteiger partial charge in [0.05, 0.1) is 43.0 Å². The molecule has 2 aromatic heterocycles. The summed E-state index contributed by atoms with van der Waals surface area (Å²) in [5.74, 6) is 0.568. The molecule has 0 bridgehead atoms. The lowest BCUT2D eigenvalue weighted by Crippen LogP contribution is -2.41. The van der Waals surface area contributed by atoms with Crippen molar-refractivity contribution in [2.45, 2.75) is 44.9 Å². The Hall–Kier alpha value is -6.09. The van der Waals surface area contributed by atoms with Crippen LogP contribution in [0.1, 0.15) is 59.3 Å². The van der Waals surface area contributed by atoms with E-state index in [0.717, 1.165) is 36.5 Å². The number of aromatic nitrogens is 4. The number of fused-ring (bicyclic) bond motifs is 1. The Morgan fingerprint density at radius 2 is 1.63 bits per heavy atom. The van der Waals surface area contributed by atoms with Crippen molar-refractivity contribution in [3.8, 4) is 17.3 Å². The first kappa shape index (κ1) is 44.9. The van der Waals surface area contributed by atoms with Crippen LogP contribution in [-0.2, 0) is 33.5 Å². The zero-order chi connectivity index (χ0) is 44.9. The number of amides is 3. The number of carbonyl (C=O) groups is 2. The van der Waals surface area contributed by atoms with Crippen molar-refractivity contribution < 1.29 is 36.8 Å². The molecule has 3 N–H and O–H groups in total. The van der Waals surface area contributed by atoms with E-state index in [1.807, 2.05) is 75.4 Å². The molecule has 0 aliphatic carbocycles. The normalized spacial score (nSPS) is 13.8. The third-order valence-corrected chi connectivity index (χ3v) is 11.4. The van der Waals surface area contributed by atoms with Gasteiger partial charge in [-0.25, -0.2) is 14.5 Å². The predicted octanol–water partition coefficient (Wildman–Crippen LogP) is 9.34. The number of ether oxygens (including phenoxy) is 2. The van der Waals surface area contributed by atoms with Gasteiger partial charge in [-0.1, -0.05) is 57.2 Å². The van der Waals surface area contributed by atoms with Crippen molar-refractivity contribution in [1.29, 1.82) is 0 Å². The van der Waals surface area contributed by atoms with E-state index in [-0.39, 0.29) is 41.2 Å². The molecule has 330 valence electrons. The number of hydrogen-bond donors (Lipinski definition) is 3. The fourth-order valence-corrected chi connectivity index (χ4v) is 8.24. The highest BCUT2D eigenvalue weighted by atomic mass is 31.2. The second kappa shape index (κ2) is 18.7. The van der Waals surface area contributed by atoms with Crippen LogP contribution in [0.3, 0.4) is 0 Å². The van der Waals surface area contributed by atoms with Crippen LogP contribution in [0.5, 0.6) is 11.6 Å². The number of urea groups is 1. The molecule has 0 unspecified atom stereocenters. The molecule has 17 heteroatoms. The molecule has 13 nitrogen and oxygen atoms in total. The second-order valence-corrected chi connectivity index (χ2v) is 20.4. The van der Waals surface area contributed by atoms with Crippen LogP contribution in [0.15, 0.2) is 97.2 Å². The van der Waals surface area contributed by atoms with E-state index in [1.54, 1.807) is 30.1 Å². The first-order chi connectivity index (χ1) is 29.9. The third-order valence-electron chi connectivity index (χ3n) is 10.2. The highest BCUT2D eigenvalue weighted by Crippen LogP contribution is 2.41. The van der Waals surface area contributed by atoms with Crippen LogP contribution in [0.2, 0.25) is 0 Å². The van der Waals surface area contributed by atoms with Gasteiger partial charge in [0, 0.05) is 78.8 Å². The summed E-state index contributed by atoms with van der Waals surface area (Å²) in [6, 6.07) is 24.4. The van der Waals surface area contributed by atoms with Crippen LogP contribution in [-0.4, -0.2) is 89.3 Å². The average Bonchev–Trinajstić information content (AvgIpc) is 3.66. The summed E-state index contributed by atoms with van der Waals surface area (Å²) in [4.78, 5) is 37.6. The summed E-state index contributed by atoms with van der Waals surface area (Å²) in [6.07, 6.45) is -2.91. The van der Waals surface area contributed by atoms with Gasteiger partial charge < -0.3 is 24.7 Å². The number of morpholine rings is 1. The van der Waals surface area contributed by atoms with E-state index in [1.165, 1.54) is 18.3 Å². The molecule has 4 aromatic carbocycles. The highest BCUT2D eigenvalue weighted by Gasteiger charge is 2.32. The number of alkyl halides is 3. The summed E-state index contributed by atoms with van der Waals surface area (Å²) in [7, 11) is -2.34. The lowest BCUT2D eigenvalue weighted by atomic mass is 9.92. The van der Waals surface area contributed by atoms with Gasteiger partial charge in [0.15, 0.2) is 0 Å². The van der Waals surface area contributed by atoms with E-state index >= 15 is 0 Å². The predicted molar refractivity (Wildman–Crippen MR) is 238 cm³/mol. The highest BCUT2D eigenvalue weighted by molar-refractivity contribution is 7.61. The van der Waals surface area contributed by atoms with Crippen LogP contribution in [0.4, 0.5) is 29.5 Å². The van der Waals surface area contributed by atoms with Crippen LogP contribution in [0.25, 0.3) is 16.5 Å². The van der Waals surface area contributed by atoms with Gasteiger partial charge in [-0.2, -0.15) is 23.3 Å². The van der Waals surface area contributed by atoms with Gasteiger partial charge in [0.25, 0.3) is 5.91 Å². The summed E-state index contributed by atoms with van der Waals surface area (Å²) >= 11 is 0. The number of anilines is 2. The number of benzene rings is 4. The fraction of sp³-hybridized carbons (Fsp3) is 0.326. The zero-order valence-electron chi connectivity index (χ0n) is 35.8. The van der Waals surface area contributed by atoms with Crippen molar-refractivity contribution in [3.05, 3.63) is 131 Å². The molecule has 6 aromatic rings. The smallest absolute Gasteiger partial charge is 0.416 e. The number of halogens is 3. The molecular formula is C46H50F3N8O5P. The lowest BCUT2D eigenvalue weighted by molar-refractivity contribution is -0.137. The average molecular weight is 883 g/mol. The summed E-state index contributed by atoms with van der Waals surface area (Å²) < 4.78 is 67.9. The van der Waals surface area contributed by atoms with E-state index in [2.05, 4.69) is 30.8 Å². The van der Waals surface area contributed by atoms with Gasteiger partial charge in [0.2, 0.25) is 5.88 Å². The molecule has 3 heterocycles. The Labute approximate surface area is 363 Å². The Morgan fingerprint density at radius 1 is 0.873 bits per heavy atom. The topological polar surface area (TPSA) is 153 Å². The van der Waals surface area contributed by atoms with Crippen LogP contribution in [0, 0.1) is 0 Å². The van der Waals surface area contributed by atoms with Gasteiger partial charge >= 0.3 is 12.2 Å². The Bertz CT molecular complexity index is 2670. The third kappa shape index (κ3) is 11.9. The maximum Gasteiger partial charge on any atom is 0.416 e. The summed E-state index contributed by atoms with van der Waals surface area (Å²) in [5, 5.41) is 14.8. The maximum absolute atomic E-state index is 14.0. The SMILES string of the molecule is CC(C)(C)c1cc(NC(=O)Nc2ccc(Oc3ccnc(Cc4cc(C(=O)NCCN5CCOCC5)cc(C(F)(F)F)c4)n3)c3ccccc23)n(-c2cccc(CP(C)(C)=O)c2)n1. The van der Waals surface area contributed by atoms with Gasteiger partial charge in [-0.05, 0) is 66.9 Å². The van der Waals surface area contributed by atoms with Crippen molar-refractivity contribution in [2.75, 3.05) is 63.4 Å². The molecular weight excluding hydrogens is 833 g/mol. The lowest BCUT2D eigenvalue weighted by Gasteiger charge is -2.26. The Morgan fingerprint density at radius 3 is 2.37 bits per heavy atom. The van der Waals surface area contributed by atoms with Gasteiger partial charge in [-0.3, -0.25) is 15.0 Å². The van der Waals surface area contributed by atoms with Crippen LogP contribution < -0.4 is 20.7 Å². The van der Waals surface area contributed by atoms with E-state index < -0.39 is 30.8 Å². The minimum Gasteiger partial charge on any atom is -0.438 e. The molecule has 0 atom stereocenters.